The summed E-state index contributed by atoms with van der Waals surface area (Å²) in [6.45, 7) is -2.34. The average Bonchev–Trinajstić information content (AvgIpc) is 3.19. The maximum atomic E-state index is 12.8. The number of halogens is 2. The van der Waals surface area contributed by atoms with Crippen molar-refractivity contribution in [2.45, 2.75) is 11.5 Å². The summed E-state index contributed by atoms with van der Waals surface area (Å²) < 4.78 is 32.0. The van der Waals surface area contributed by atoms with Crippen LogP contribution in [-0.4, -0.2) is 34.2 Å². The average molecular weight is 375 g/mol. The van der Waals surface area contributed by atoms with Gasteiger partial charge in [0, 0.05) is 29.9 Å². The Balaban J connectivity index is 1.79. The molecule has 9 heteroatoms. The van der Waals surface area contributed by atoms with E-state index in [1.807, 2.05) is 34.6 Å². The molecule has 1 aromatic carbocycles. The Morgan fingerprint density at radius 1 is 1.31 bits per heavy atom. The molecule has 0 atom stereocenters. The number of anilines is 1. The first-order valence-corrected chi connectivity index (χ1v) is 8.27. The number of thiol groups is 1. The highest BCUT2D eigenvalue weighted by Gasteiger charge is 2.28. The lowest BCUT2D eigenvalue weighted by atomic mass is 10.1. The predicted octanol–water partition coefficient (Wildman–Crippen LogP) is 3.45. The van der Waals surface area contributed by atoms with Crippen LogP contribution in [0.3, 0.4) is 0 Å². The molecule has 0 bridgehead atoms. The van der Waals surface area contributed by atoms with Gasteiger partial charge in [0.25, 0.3) is 0 Å². The van der Waals surface area contributed by atoms with E-state index in [1.54, 1.807) is 30.1 Å². The third kappa shape index (κ3) is 2.94. The van der Waals surface area contributed by atoms with Crippen LogP contribution < -0.4 is 9.75 Å². The van der Waals surface area contributed by atoms with E-state index >= 15 is 0 Å². The number of nitrogens with zero attached hydrogens (tertiary/aromatic N) is 5. The van der Waals surface area contributed by atoms with E-state index in [9.17, 15) is 8.78 Å². The summed E-state index contributed by atoms with van der Waals surface area (Å²) in [7, 11) is 1.78. The van der Waals surface area contributed by atoms with E-state index in [0.717, 1.165) is 11.5 Å². The number of ether oxygens (including phenoxy) is 1. The van der Waals surface area contributed by atoms with Crippen LogP contribution in [0.2, 0.25) is 0 Å². The van der Waals surface area contributed by atoms with Gasteiger partial charge >= 0.3 is 6.61 Å². The lowest BCUT2D eigenvalue weighted by Crippen LogP contribution is -2.34. The standard InChI is InChI=1S/C17H15F2N5OS/c1-22-10-13(23-8-5-15-20-6-2-7-24(15)23)16(21-22)12-9-11(26)3-4-14(12)25-17(18)19/h2-7,9-10,17,26H,8H2,1H3. The van der Waals surface area contributed by atoms with Gasteiger partial charge in [0.15, 0.2) is 0 Å². The van der Waals surface area contributed by atoms with E-state index < -0.39 is 6.61 Å². The number of alkyl halides is 2. The highest BCUT2D eigenvalue weighted by Crippen LogP contribution is 2.40. The molecule has 0 radical (unpaired) electrons. The first-order valence-electron chi connectivity index (χ1n) is 7.82. The molecule has 0 spiro atoms. The Kier molecular flexibility index (Phi) is 4.15. The van der Waals surface area contributed by atoms with Gasteiger partial charge in [0.1, 0.15) is 23.0 Å². The Labute approximate surface area is 154 Å². The largest absolute Gasteiger partial charge is 0.434 e. The van der Waals surface area contributed by atoms with Gasteiger partial charge in [-0.3, -0.25) is 9.69 Å². The van der Waals surface area contributed by atoms with Gasteiger partial charge in [-0.25, -0.2) is 10.0 Å². The van der Waals surface area contributed by atoms with Crippen molar-refractivity contribution >= 4 is 24.5 Å². The zero-order valence-corrected chi connectivity index (χ0v) is 14.6. The summed E-state index contributed by atoms with van der Waals surface area (Å²) >= 11 is 4.33. The molecule has 0 fully saturated rings. The van der Waals surface area contributed by atoms with Gasteiger partial charge < -0.3 is 4.74 Å². The molecule has 0 amide bonds. The van der Waals surface area contributed by atoms with E-state index in [4.69, 9.17) is 0 Å². The van der Waals surface area contributed by atoms with Crippen LogP contribution in [0.4, 0.5) is 14.5 Å². The van der Waals surface area contributed by atoms with Crippen LogP contribution in [0.1, 0.15) is 0 Å². The second kappa shape index (κ2) is 6.49. The number of aliphatic imine (C=N–C) groups is 1. The molecular weight excluding hydrogens is 360 g/mol. The number of hydrazine groups is 1. The molecule has 134 valence electrons. The Morgan fingerprint density at radius 3 is 2.96 bits per heavy atom. The highest BCUT2D eigenvalue weighted by atomic mass is 32.1. The second-order valence-electron chi connectivity index (χ2n) is 5.70. The zero-order chi connectivity index (χ0) is 18.3. The van der Waals surface area contributed by atoms with Crippen molar-refractivity contribution in [3.63, 3.8) is 0 Å². The molecule has 3 heterocycles. The lowest BCUT2D eigenvalue weighted by Gasteiger charge is -2.30. The molecule has 0 saturated carbocycles. The summed E-state index contributed by atoms with van der Waals surface area (Å²) in [6, 6.07) is 4.74. The Bertz CT molecular complexity index is 937. The number of aromatic nitrogens is 2. The van der Waals surface area contributed by atoms with Crippen LogP contribution in [0.15, 0.2) is 58.5 Å². The van der Waals surface area contributed by atoms with Gasteiger partial charge in [-0.1, -0.05) is 0 Å². The van der Waals surface area contributed by atoms with Crippen molar-refractivity contribution in [1.82, 2.24) is 14.8 Å². The monoisotopic (exact) mass is 375 g/mol. The van der Waals surface area contributed by atoms with Crippen LogP contribution >= 0.6 is 12.6 Å². The predicted molar refractivity (Wildman–Crippen MR) is 97.4 cm³/mol. The quantitative estimate of drug-likeness (QED) is 0.832. The maximum Gasteiger partial charge on any atom is 0.387 e. The summed E-state index contributed by atoms with van der Waals surface area (Å²) in [5.74, 6) is 0.853. The third-order valence-corrected chi connectivity index (χ3v) is 4.26. The van der Waals surface area contributed by atoms with Gasteiger partial charge in [-0.05, 0) is 30.4 Å². The van der Waals surface area contributed by atoms with Crippen LogP contribution in [0, 0.1) is 0 Å². The molecule has 6 nitrogen and oxygen atoms in total. The Hall–Kier alpha value is -2.81. The molecule has 0 saturated heterocycles. The molecule has 4 rings (SSSR count). The minimum Gasteiger partial charge on any atom is -0.434 e. The van der Waals surface area contributed by atoms with Gasteiger partial charge in [0.2, 0.25) is 0 Å². The molecule has 26 heavy (non-hydrogen) atoms. The maximum absolute atomic E-state index is 12.8. The molecule has 2 aromatic rings. The third-order valence-electron chi connectivity index (χ3n) is 3.98. The smallest absolute Gasteiger partial charge is 0.387 e. The zero-order valence-electron chi connectivity index (χ0n) is 13.8. The van der Waals surface area contributed by atoms with Crippen LogP contribution in [-0.2, 0) is 7.05 Å². The number of hydrogen-bond acceptors (Lipinski definition) is 6. The van der Waals surface area contributed by atoms with E-state index in [-0.39, 0.29) is 5.75 Å². The highest BCUT2D eigenvalue weighted by molar-refractivity contribution is 7.80. The van der Waals surface area contributed by atoms with E-state index in [0.29, 0.717) is 22.7 Å². The molecule has 2 aliphatic heterocycles. The number of hydrogen-bond donors (Lipinski definition) is 1. The summed E-state index contributed by atoms with van der Waals surface area (Å²) in [4.78, 5) is 4.94. The van der Waals surface area contributed by atoms with Crippen molar-refractivity contribution in [1.29, 1.82) is 0 Å². The minimum absolute atomic E-state index is 0.0531. The second-order valence-corrected chi connectivity index (χ2v) is 6.22. The molecule has 1 aromatic heterocycles. The van der Waals surface area contributed by atoms with Crippen molar-refractivity contribution in [3.05, 3.63) is 48.6 Å². The SMILES string of the molecule is Cn1cc(N2CC=C3N=CC=CN32)c(-c2cc(S)ccc2OC(F)F)n1. The molecular formula is C17H15F2N5OS. The first-order chi connectivity index (χ1) is 12.5. The number of rotatable bonds is 4. The first kappa shape index (κ1) is 16.6. The van der Waals surface area contributed by atoms with Gasteiger partial charge in [-0.2, -0.15) is 13.9 Å². The Morgan fingerprint density at radius 2 is 2.15 bits per heavy atom. The topological polar surface area (TPSA) is 45.9 Å². The minimum atomic E-state index is -2.92. The summed E-state index contributed by atoms with van der Waals surface area (Å²) in [6.07, 6.45) is 9.23. The summed E-state index contributed by atoms with van der Waals surface area (Å²) in [5, 5.41) is 8.32. The number of fused-ring (bicyclic) bond motifs is 1. The van der Waals surface area contributed by atoms with Gasteiger partial charge in [0.05, 0.1) is 12.7 Å². The fourth-order valence-electron chi connectivity index (χ4n) is 2.95. The molecule has 2 aliphatic rings. The number of allylic oxidation sites excluding steroid dienone is 1. The van der Waals surface area contributed by atoms with Gasteiger partial charge in [-0.15, -0.1) is 12.6 Å². The number of aryl methyl sites for hydroxylation is 1. The number of benzene rings is 1. The fourth-order valence-corrected chi connectivity index (χ4v) is 3.16. The molecule has 0 aliphatic carbocycles. The van der Waals surface area contributed by atoms with Crippen molar-refractivity contribution < 1.29 is 13.5 Å². The van der Waals surface area contributed by atoms with Crippen molar-refractivity contribution in [2.24, 2.45) is 12.0 Å². The van der Waals surface area contributed by atoms with Crippen molar-refractivity contribution in [3.8, 4) is 17.0 Å². The molecule has 0 unspecified atom stereocenters. The van der Waals surface area contributed by atoms with E-state index in [1.165, 1.54) is 6.07 Å². The normalized spacial score (nSPS) is 15.7. The fraction of sp³-hybridized carbons (Fsp3) is 0.176. The molecule has 0 N–H and O–H groups in total. The van der Waals surface area contributed by atoms with E-state index in [2.05, 4.69) is 27.5 Å². The summed E-state index contributed by atoms with van der Waals surface area (Å²) in [5.41, 5.74) is 1.72. The van der Waals surface area contributed by atoms with Crippen LogP contribution in [0.5, 0.6) is 5.75 Å². The van der Waals surface area contributed by atoms with Crippen LogP contribution in [0.25, 0.3) is 11.3 Å². The lowest BCUT2D eigenvalue weighted by molar-refractivity contribution is -0.0494. The van der Waals surface area contributed by atoms with Crippen molar-refractivity contribution in [2.75, 3.05) is 11.6 Å².